The van der Waals surface area contributed by atoms with E-state index in [-0.39, 0.29) is 11.9 Å². The minimum Gasteiger partial charge on any atom is -0.481 e. The summed E-state index contributed by atoms with van der Waals surface area (Å²) in [5.74, 6) is -0.586. The fraction of sp³-hybridized carbons (Fsp3) is 0.583. The Kier molecular flexibility index (Phi) is 4.03. The lowest BCUT2D eigenvalue weighted by Crippen LogP contribution is -2.42. The van der Waals surface area contributed by atoms with Gasteiger partial charge in [0.05, 0.1) is 5.92 Å². The maximum atomic E-state index is 12.0. The zero-order valence-electron chi connectivity index (χ0n) is 10.9. The van der Waals surface area contributed by atoms with Crippen molar-refractivity contribution >= 4 is 17.8 Å². The van der Waals surface area contributed by atoms with Crippen LogP contribution in [0.25, 0.3) is 0 Å². The van der Waals surface area contributed by atoms with Crippen molar-refractivity contribution in [2.45, 2.75) is 26.3 Å². The number of aliphatic carboxylic acids is 1. The minimum absolute atomic E-state index is 0.217. The van der Waals surface area contributed by atoms with Gasteiger partial charge in [0, 0.05) is 31.9 Å². The summed E-state index contributed by atoms with van der Waals surface area (Å²) in [5, 5.41) is 15.8. The van der Waals surface area contributed by atoms with Gasteiger partial charge < -0.3 is 10.0 Å². The van der Waals surface area contributed by atoms with Crippen LogP contribution in [0.5, 0.6) is 0 Å². The maximum absolute atomic E-state index is 12.0. The average Bonchev–Trinajstić information content (AvgIpc) is 2.86. The maximum Gasteiger partial charge on any atom is 0.323 e. The molecule has 2 N–H and O–H groups in total. The molecule has 2 amide bonds. The molecule has 0 atom stereocenters. The fourth-order valence-corrected chi connectivity index (χ4v) is 2.12. The van der Waals surface area contributed by atoms with Crippen LogP contribution in [0.4, 0.5) is 10.6 Å². The summed E-state index contributed by atoms with van der Waals surface area (Å²) in [6.07, 6.45) is 2.81. The molecule has 0 unspecified atom stereocenters. The molecular formula is C12H18N4O3. The lowest BCUT2D eigenvalue weighted by atomic mass is 9.97. The number of aryl methyl sites for hydroxylation is 1. The van der Waals surface area contributed by atoms with Gasteiger partial charge in [-0.15, -0.1) is 0 Å². The lowest BCUT2D eigenvalue weighted by molar-refractivity contribution is -0.143. The van der Waals surface area contributed by atoms with Gasteiger partial charge in [0.2, 0.25) is 0 Å². The number of rotatable bonds is 3. The first-order chi connectivity index (χ1) is 9.10. The van der Waals surface area contributed by atoms with Gasteiger partial charge >= 0.3 is 12.0 Å². The predicted molar refractivity (Wildman–Crippen MR) is 68.9 cm³/mol. The van der Waals surface area contributed by atoms with Crippen LogP contribution < -0.4 is 5.32 Å². The van der Waals surface area contributed by atoms with Crippen LogP contribution in [0.3, 0.4) is 0 Å². The van der Waals surface area contributed by atoms with E-state index in [1.54, 1.807) is 21.8 Å². The summed E-state index contributed by atoms with van der Waals surface area (Å²) < 4.78 is 1.73. The Morgan fingerprint density at radius 2 is 2.16 bits per heavy atom. The second-order valence-electron chi connectivity index (χ2n) is 4.59. The number of carbonyl (C=O) groups is 2. The van der Waals surface area contributed by atoms with Crippen LogP contribution >= 0.6 is 0 Å². The zero-order chi connectivity index (χ0) is 13.8. The normalized spacial score (nSPS) is 16.4. The summed E-state index contributed by atoms with van der Waals surface area (Å²) in [6, 6.07) is 1.52. The van der Waals surface area contributed by atoms with Crippen LogP contribution in [-0.2, 0) is 11.3 Å². The topological polar surface area (TPSA) is 87.5 Å². The third-order valence-electron chi connectivity index (χ3n) is 3.33. The van der Waals surface area contributed by atoms with Crippen LogP contribution in [0, 0.1) is 5.92 Å². The lowest BCUT2D eigenvalue weighted by Gasteiger charge is -2.29. The highest BCUT2D eigenvalue weighted by Gasteiger charge is 2.27. The van der Waals surface area contributed by atoms with Gasteiger partial charge in [-0.3, -0.25) is 14.8 Å². The number of nitrogens with one attached hydrogen (secondary N) is 1. The summed E-state index contributed by atoms with van der Waals surface area (Å²) in [6.45, 7) is 3.66. The molecule has 0 saturated carbocycles. The van der Waals surface area contributed by atoms with Crippen molar-refractivity contribution in [2.24, 2.45) is 5.92 Å². The number of carboxylic acid groups (broad SMARTS) is 1. The van der Waals surface area contributed by atoms with E-state index in [0.29, 0.717) is 31.7 Å². The number of urea groups is 1. The molecule has 1 aliphatic rings. The summed E-state index contributed by atoms with van der Waals surface area (Å²) >= 11 is 0. The zero-order valence-corrected chi connectivity index (χ0v) is 10.9. The van der Waals surface area contributed by atoms with Crippen molar-refractivity contribution in [3.63, 3.8) is 0 Å². The summed E-state index contributed by atoms with van der Waals surface area (Å²) in [7, 11) is 0. The van der Waals surface area contributed by atoms with E-state index in [4.69, 9.17) is 5.11 Å². The third kappa shape index (κ3) is 3.24. The van der Waals surface area contributed by atoms with Gasteiger partial charge in [-0.25, -0.2) is 4.79 Å². The number of hydrogen-bond acceptors (Lipinski definition) is 3. The van der Waals surface area contributed by atoms with E-state index in [1.807, 2.05) is 6.92 Å². The van der Waals surface area contributed by atoms with Crippen molar-refractivity contribution in [3.8, 4) is 0 Å². The molecule has 2 heterocycles. The molecule has 7 heteroatoms. The first-order valence-electron chi connectivity index (χ1n) is 6.42. The first-order valence-corrected chi connectivity index (χ1v) is 6.42. The second kappa shape index (κ2) is 5.73. The van der Waals surface area contributed by atoms with Crippen LogP contribution in [0.1, 0.15) is 19.8 Å². The number of anilines is 1. The van der Waals surface area contributed by atoms with E-state index in [2.05, 4.69) is 10.4 Å². The van der Waals surface area contributed by atoms with Gasteiger partial charge in [0.15, 0.2) is 5.82 Å². The molecule has 0 spiro atoms. The number of likely N-dealkylation sites (tertiary alicyclic amines) is 1. The van der Waals surface area contributed by atoms with E-state index in [0.717, 1.165) is 6.54 Å². The highest BCUT2D eigenvalue weighted by Crippen LogP contribution is 2.18. The molecule has 1 fully saturated rings. The van der Waals surface area contributed by atoms with Gasteiger partial charge in [0.25, 0.3) is 0 Å². The molecule has 1 saturated heterocycles. The van der Waals surface area contributed by atoms with Crippen LogP contribution in [-0.4, -0.2) is 44.9 Å². The predicted octanol–water partition coefficient (Wildman–Crippen LogP) is 1.23. The number of carbonyl (C=O) groups excluding carboxylic acids is 1. The number of amides is 2. The fourth-order valence-electron chi connectivity index (χ4n) is 2.12. The van der Waals surface area contributed by atoms with Crippen molar-refractivity contribution in [2.75, 3.05) is 18.4 Å². The van der Waals surface area contributed by atoms with E-state index in [1.165, 1.54) is 0 Å². The molecule has 104 valence electrons. The average molecular weight is 266 g/mol. The van der Waals surface area contributed by atoms with Crippen LogP contribution in [0.15, 0.2) is 12.3 Å². The van der Waals surface area contributed by atoms with Gasteiger partial charge in [-0.1, -0.05) is 0 Å². The SMILES string of the molecule is CCn1ccc(NC(=O)N2CCC(C(=O)O)CC2)n1. The number of piperidine rings is 1. The Morgan fingerprint density at radius 1 is 1.47 bits per heavy atom. The molecular weight excluding hydrogens is 248 g/mol. The van der Waals surface area contributed by atoms with Gasteiger partial charge in [-0.2, -0.15) is 5.10 Å². The largest absolute Gasteiger partial charge is 0.481 e. The summed E-state index contributed by atoms with van der Waals surface area (Å²) in [4.78, 5) is 24.4. The minimum atomic E-state index is -0.776. The third-order valence-corrected chi connectivity index (χ3v) is 3.33. The van der Waals surface area contributed by atoms with E-state index >= 15 is 0 Å². The summed E-state index contributed by atoms with van der Waals surface area (Å²) in [5.41, 5.74) is 0. The standard InChI is InChI=1S/C12H18N4O3/c1-2-16-8-5-10(14-16)13-12(19)15-6-3-9(4-7-15)11(17)18/h5,8-9H,2-4,6-7H2,1H3,(H,17,18)(H,13,14,19). The molecule has 7 nitrogen and oxygen atoms in total. The van der Waals surface area contributed by atoms with E-state index < -0.39 is 5.97 Å². The molecule has 2 rings (SSSR count). The Morgan fingerprint density at radius 3 is 2.68 bits per heavy atom. The quantitative estimate of drug-likeness (QED) is 0.861. The first kappa shape index (κ1) is 13.4. The highest BCUT2D eigenvalue weighted by molar-refractivity contribution is 5.88. The smallest absolute Gasteiger partial charge is 0.323 e. The Hall–Kier alpha value is -2.05. The Labute approximate surface area is 111 Å². The Balaban J connectivity index is 1.86. The molecule has 0 bridgehead atoms. The highest BCUT2D eigenvalue weighted by atomic mass is 16.4. The number of hydrogen-bond donors (Lipinski definition) is 2. The molecule has 0 aromatic carbocycles. The molecule has 1 aliphatic heterocycles. The Bertz CT molecular complexity index is 463. The molecule has 0 radical (unpaired) electrons. The number of carboxylic acids is 1. The van der Waals surface area contributed by atoms with Gasteiger partial charge in [0.1, 0.15) is 0 Å². The number of nitrogens with zero attached hydrogens (tertiary/aromatic N) is 3. The molecule has 0 aliphatic carbocycles. The van der Waals surface area contributed by atoms with Crippen molar-refractivity contribution in [1.29, 1.82) is 0 Å². The van der Waals surface area contributed by atoms with Crippen LogP contribution in [0.2, 0.25) is 0 Å². The molecule has 1 aromatic heterocycles. The van der Waals surface area contributed by atoms with Gasteiger partial charge in [-0.05, 0) is 19.8 Å². The van der Waals surface area contributed by atoms with Crippen molar-refractivity contribution in [3.05, 3.63) is 12.3 Å². The monoisotopic (exact) mass is 266 g/mol. The van der Waals surface area contributed by atoms with Crippen molar-refractivity contribution < 1.29 is 14.7 Å². The molecule has 19 heavy (non-hydrogen) atoms. The van der Waals surface area contributed by atoms with E-state index in [9.17, 15) is 9.59 Å². The number of aromatic nitrogens is 2. The second-order valence-corrected chi connectivity index (χ2v) is 4.59. The van der Waals surface area contributed by atoms with Crippen molar-refractivity contribution in [1.82, 2.24) is 14.7 Å². The molecule has 1 aromatic rings.